The maximum Gasteiger partial charge on any atom is 0.316 e. The van der Waals surface area contributed by atoms with Gasteiger partial charge >= 0.3 is 6.03 Å². The summed E-state index contributed by atoms with van der Waals surface area (Å²) in [6.45, 7) is 4.65. The number of primary amides is 1. The molecule has 1 aromatic carbocycles. The molecular formula is C15H23N3O. The number of carbonyl (C=O) groups excluding carboxylic acids is 1. The van der Waals surface area contributed by atoms with Gasteiger partial charge in [-0.25, -0.2) is 4.79 Å². The Hall–Kier alpha value is -1.71. The lowest BCUT2D eigenvalue weighted by Gasteiger charge is -2.33. The molecule has 0 radical (unpaired) electrons. The van der Waals surface area contributed by atoms with Crippen LogP contribution in [0, 0.1) is 11.8 Å². The largest absolute Gasteiger partial charge is 0.382 e. The fraction of sp³-hybridized carbons (Fsp3) is 0.533. The summed E-state index contributed by atoms with van der Waals surface area (Å²) in [6, 6.07) is 7.69. The van der Waals surface area contributed by atoms with Crippen LogP contribution in [0.4, 0.5) is 16.2 Å². The lowest BCUT2D eigenvalue weighted by Crippen LogP contribution is -2.30. The second-order valence-corrected chi connectivity index (χ2v) is 5.68. The summed E-state index contributed by atoms with van der Waals surface area (Å²) in [5, 5.41) is 6.15. The molecule has 0 bridgehead atoms. The van der Waals surface area contributed by atoms with Gasteiger partial charge in [-0.15, -0.1) is 0 Å². The molecule has 2 amide bonds. The van der Waals surface area contributed by atoms with Gasteiger partial charge in [0, 0.05) is 17.4 Å². The Balaban J connectivity index is 1.97. The van der Waals surface area contributed by atoms with Crippen molar-refractivity contribution in [3.63, 3.8) is 0 Å². The van der Waals surface area contributed by atoms with Crippen LogP contribution in [-0.4, -0.2) is 12.1 Å². The number of amides is 2. The molecule has 4 heteroatoms. The minimum Gasteiger partial charge on any atom is -0.382 e. The number of anilines is 2. The second-order valence-electron chi connectivity index (χ2n) is 5.68. The molecule has 104 valence electrons. The summed E-state index contributed by atoms with van der Waals surface area (Å²) >= 11 is 0. The smallest absolute Gasteiger partial charge is 0.316 e. The third-order valence-corrected chi connectivity index (χ3v) is 4.10. The first-order chi connectivity index (χ1) is 9.04. The first-order valence-corrected chi connectivity index (χ1v) is 6.97. The zero-order valence-electron chi connectivity index (χ0n) is 11.6. The fourth-order valence-electron chi connectivity index (χ4n) is 2.74. The van der Waals surface area contributed by atoms with Crippen molar-refractivity contribution in [2.75, 3.05) is 10.6 Å². The van der Waals surface area contributed by atoms with Gasteiger partial charge in [-0.1, -0.05) is 19.9 Å². The number of carbonyl (C=O) groups is 1. The van der Waals surface area contributed by atoms with E-state index in [2.05, 4.69) is 24.5 Å². The highest BCUT2D eigenvalue weighted by molar-refractivity contribution is 5.88. The second kappa shape index (κ2) is 5.95. The molecule has 0 saturated heterocycles. The van der Waals surface area contributed by atoms with E-state index < -0.39 is 6.03 Å². The van der Waals surface area contributed by atoms with Crippen LogP contribution in [0.25, 0.3) is 0 Å². The minimum atomic E-state index is -0.530. The van der Waals surface area contributed by atoms with E-state index >= 15 is 0 Å². The van der Waals surface area contributed by atoms with Crippen LogP contribution in [0.5, 0.6) is 0 Å². The van der Waals surface area contributed by atoms with E-state index in [9.17, 15) is 4.79 Å². The molecule has 1 fully saturated rings. The molecule has 1 aliphatic carbocycles. The van der Waals surface area contributed by atoms with Gasteiger partial charge in [-0.3, -0.25) is 0 Å². The third kappa shape index (κ3) is 3.88. The molecule has 1 saturated carbocycles. The molecule has 19 heavy (non-hydrogen) atoms. The maximum atomic E-state index is 10.8. The Morgan fingerprint density at radius 2 is 1.95 bits per heavy atom. The van der Waals surface area contributed by atoms with Crippen LogP contribution in [0.3, 0.4) is 0 Å². The Morgan fingerprint density at radius 1 is 1.21 bits per heavy atom. The van der Waals surface area contributed by atoms with E-state index in [1.165, 1.54) is 19.3 Å². The Morgan fingerprint density at radius 3 is 2.63 bits per heavy atom. The molecule has 1 aromatic rings. The van der Waals surface area contributed by atoms with E-state index in [0.717, 1.165) is 23.2 Å². The van der Waals surface area contributed by atoms with Gasteiger partial charge in [0.05, 0.1) is 0 Å². The van der Waals surface area contributed by atoms with Gasteiger partial charge in [-0.05, 0) is 49.3 Å². The molecule has 4 N–H and O–H groups in total. The highest BCUT2D eigenvalue weighted by atomic mass is 16.2. The number of nitrogens with two attached hydrogens (primary N) is 1. The average molecular weight is 261 g/mol. The molecule has 0 spiro atoms. The summed E-state index contributed by atoms with van der Waals surface area (Å²) in [4.78, 5) is 10.8. The number of urea groups is 1. The van der Waals surface area contributed by atoms with E-state index in [4.69, 9.17) is 5.73 Å². The van der Waals surface area contributed by atoms with Crippen LogP contribution in [0.15, 0.2) is 24.3 Å². The molecule has 3 unspecified atom stereocenters. The van der Waals surface area contributed by atoms with Crippen molar-refractivity contribution in [1.29, 1.82) is 0 Å². The van der Waals surface area contributed by atoms with Gasteiger partial charge in [0.15, 0.2) is 0 Å². The average Bonchev–Trinajstić information content (AvgIpc) is 2.33. The van der Waals surface area contributed by atoms with Crippen molar-refractivity contribution in [3.05, 3.63) is 24.3 Å². The highest BCUT2D eigenvalue weighted by Gasteiger charge is 2.24. The third-order valence-electron chi connectivity index (χ3n) is 4.10. The van der Waals surface area contributed by atoms with Gasteiger partial charge in [0.1, 0.15) is 0 Å². The fourth-order valence-corrected chi connectivity index (χ4v) is 2.74. The normalized spacial score (nSPS) is 26.7. The minimum absolute atomic E-state index is 0.523. The van der Waals surface area contributed by atoms with Crippen molar-refractivity contribution >= 4 is 17.4 Å². The zero-order valence-corrected chi connectivity index (χ0v) is 11.6. The highest BCUT2D eigenvalue weighted by Crippen LogP contribution is 2.31. The molecule has 0 aromatic heterocycles. The number of nitrogens with one attached hydrogen (secondary N) is 2. The van der Waals surface area contributed by atoms with Crippen molar-refractivity contribution in [3.8, 4) is 0 Å². The van der Waals surface area contributed by atoms with Crippen molar-refractivity contribution in [2.24, 2.45) is 17.6 Å². The number of benzene rings is 1. The van der Waals surface area contributed by atoms with E-state index in [0.29, 0.717) is 6.04 Å². The quantitative estimate of drug-likeness (QED) is 0.780. The van der Waals surface area contributed by atoms with Crippen LogP contribution >= 0.6 is 0 Å². The monoisotopic (exact) mass is 261 g/mol. The zero-order chi connectivity index (χ0) is 13.8. The van der Waals surface area contributed by atoms with Crippen LogP contribution in [-0.2, 0) is 0 Å². The van der Waals surface area contributed by atoms with Crippen molar-refractivity contribution in [1.82, 2.24) is 0 Å². The molecule has 4 nitrogen and oxygen atoms in total. The molecule has 2 rings (SSSR count). The van der Waals surface area contributed by atoms with E-state index in [-0.39, 0.29) is 0 Å². The van der Waals surface area contributed by atoms with E-state index in [1.54, 1.807) is 0 Å². The SMILES string of the molecule is CC1CCC(Nc2cccc(NC(N)=O)c2)CC1C. The van der Waals surface area contributed by atoms with Crippen molar-refractivity contribution in [2.45, 2.75) is 39.2 Å². The molecule has 3 atom stereocenters. The van der Waals surface area contributed by atoms with Crippen LogP contribution in [0.1, 0.15) is 33.1 Å². The maximum absolute atomic E-state index is 10.8. The topological polar surface area (TPSA) is 67.2 Å². The first kappa shape index (κ1) is 13.7. The van der Waals surface area contributed by atoms with Crippen LogP contribution < -0.4 is 16.4 Å². The van der Waals surface area contributed by atoms with Gasteiger partial charge in [0.2, 0.25) is 0 Å². The predicted molar refractivity (Wildman–Crippen MR) is 79.2 cm³/mol. The molecule has 1 aliphatic rings. The lowest BCUT2D eigenvalue weighted by atomic mass is 9.79. The van der Waals surface area contributed by atoms with Crippen molar-refractivity contribution < 1.29 is 4.79 Å². The van der Waals surface area contributed by atoms with Gasteiger partial charge in [-0.2, -0.15) is 0 Å². The van der Waals surface area contributed by atoms with Crippen LogP contribution in [0.2, 0.25) is 0 Å². The number of rotatable bonds is 3. The Bertz CT molecular complexity index is 447. The number of hydrogen-bond acceptors (Lipinski definition) is 2. The molecule has 0 heterocycles. The predicted octanol–water partition coefficient (Wildman–Crippen LogP) is 3.41. The Kier molecular flexibility index (Phi) is 4.30. The summed E-state index contributed by atoms with van der Waals surface area (Å²) < 4.78 is 0. The standard InChI is InChI=1S/C15H23N3O/c1-10-6-7-14(8-11(10)2)17-12-4-3-5-13(9-12)18-15(16)19/h3-5,9-11,14,17H,6-8H2,1-2H3,(H3,16,18,19). The molecule has 0 aliphatic heterocycles. The summed E-state index contributed by atoms with van der Waals surface area (Å²) in [5.41, 5.74) is 6.89. The van der Waals surface area contributed by atoms with Gasteiger partial charge < -0.3 is 16.4 Å². The lowest BCUT2D eigenvalue weighted by molar-refractivity contribution is 0.259. The van der Waals surface area contributed by atoms with E-state index in [1.807, 2.05) is 24.3 Å². The number of hydrogen-bond donors (Lipinski definition) is 3. The first-order valence-electron chi connectivity index (χ1n) is 6.97. The van der Waals surface area contributed by atoms with Gasteiger partial charge in [0.25, 0.3) is 0 Å². The summed E-state index contributed by atoms with van der Waals surface area (Å²) in [7, 11) is 0. The summed E-state index contributed by atoms with van der Waals surface area (Å²) in [5.74, 6) is 1.58. The Labute approximate surface area is 114 Å². The molecular weight excluding hydrogens is 238 g/mol. The summed E-state index contributed by atoms with van der Waals surface area (Å²) in [6.07, 6.45) is 3.69.